The van der Waals surface area contributed by atoms with Gasteiger partial charge in [0.05, 0.1) is 0 Å². The highest BCUT2D eigenvalue weighted by Crippen LogP contribution is 2.38. The van der Waals surface area contributed by atoms with Gasteiger partial charge in [-0.3, -0.25) is 0 Å². The van der Waals surface area contributed by atoms with Crippen molar-refractivity contribution in [1.82, 2.24) is 0 Å². The van der Waals surface area contributed by atoms with Gasteiger partial charge in [0, 0.05) is 16.2 Å². The number of hydrogen-bond acceptors (Lipinski definition) is 2. The van der Waals surface area contributed by atoms with Crippen LogP contribution in [-0.2, 0) is 5.54 Å². The largest absolute Gasteiger partial charge is 0.321 e. The first-order valence-electron chi connectivity index (χ1n) is 6.78. The molecular formula is C15H21NS. The molecule has 0 aliphatic heterocycles. The summed E-state index contributed by atoms with van der Waals surface area (Å²) in [5, 5.41) is 0. The fourth-order valence-corrected chi connectivity index (χ4v) is 3.77. The first-order valence-corrected chi connectivity index (χ1v) is 7.77. The van der Waals surface area contributed by atoms with E-state index in [1.807, 2.05) is 11.8 Å². The van der Waals surface area contributed by atoms with Crippen LogP contribution in [0.15, 0.2) is 29.2 Å². The van der Waals surface area contributed by atoms with E-state index in [1.54, 1.807) is 0 Å². The fourth-order valence-electron chi connectivity index (χ4n) is 2.68. The zero-order valence-corrected chi connectivity index (χ0v) is 11.1. The summed E-state index contributed by atoms with van der Waals surface area (Å²) in [6.07, 6.45) is 7.76. The molecule has 1 nitrogen and oxygen atoms in total. The third-order valence-corrected chi connectivity index (χ3v) is 5.35. The summed E-state index contributed by atoms with van der Waals surface area (Å²) in [5.74, 6) is 2.29. The predicted molar refractivity (Wildman–Crippen MR) is 74.2 cm³/mol. The van der Waals surface area contributed by atoms with E-state index in [4.69, 9.17) is 5.73 Å². The van der Waals surface area contributed by atoms with Crippen molar-refractivity contribution in [3.8, 4) is 0 Å². The van der Waals surface area contributed by atoms with Crippen molar-refractivity contribution in [1.29, 1.82) is 0 Å². The molecule has 2 saturated carbocycles. The molecule has 17 heavy (non-hydrogen) atoms. The zero-order chi connectivity index (χ0) is 11.7. The second-order valence-corrected chi connectivity index (χ2v) is 6.74. The lowest BCUT2D eigenvalue weighted by Crippen LogP contribution is -2.32. The summed E-state index contributed by atoms with van der Waals surface area (Å²) in [7, 11) is 0. The number of nitrogens with two attached hydrogens (primary N) is 1. The average Bonchev–Trinajstić information content (AvgIpc) is 3.09. The monoisotopic (exact) mass is 247 g/mol. The summed E-state index contributed by atoms with van der Waals surface area (Å²) in [4.78, 5) is 1.40. The lowest BCUT2D eigenvalue weighted by Gasteiger charge is -2.24. The fraction of sp³-hybridized carbons (Fsp3) is 0.600. The maximum absolute atomic E-state index is 6.46. The van der Waals surface area contributed by atoms with Gasteiger partial charge in [0.1, 0.15) is 0 Å². The van der Waals surface area contributed by atoms with E-state index in [1.165, 1.54) is 41.9 Å². The maximum Gasteiger partial charge on any atom is 0.0409 e. The highest BCUT2D eigenvalue weighted by Gasteiger charge is 2.30. The van der Waals surface area contributed by atoms with Gasteiger partial charge in [-0.05, 0) is 49.3 Å². The Bertz CT molecular complexity index is 374. The topological polar surface area (TPSA) is 26.0 Å². The van der Waals surface area contributed by atoms with Crippen LogP contribution in [0, 0.1) is 5.92 Å². The number of hydrogen-bond donors (Lipinski definition) is 1. The molecule has 1 aromatic carbocycles. The first-order chi connectivity index (χ1) is 8.26. The Morgan fingerprint density at radius 2 is 1.76 bits per heavy atom. The third-order valence-electron chi connectivity index (χ3n) is 4.11. The van der Waals surface area contributed by atoms with Gasteiger partial charge in [0.15, 0.2) is 0 Å². The van der Waals surface area contributed by atoms with E-state index < -0.39 is 0 Å². The van der Waals surface area contributed by atoms with Crippen LogP contribution in [0.4, 0.5) is 0 Å². The minimum absolute atomic E-state index is 0.0281. The Labute approximate surface area is 108 Å². The SMILES string of the molecule is NC1(c2ccc(SCC3CC3)cc2)CCCC1. The van der Waals surface area contributed by atoms with Crippen LogP contribution in [0.1, 0.15) is 44.1 Å². The molecule has 1 aromatic rings. The van der Waals surface area contributed by atoms with Gasteiger partial charge in [-0.1, -0.05) is 25.0 Å². The molecule has 2 aliphatic carbocycles. The second-order valence-electron chi connectivity index (χ2n) is 5.64. The van der Waals surface area contributed by atoms with E-state index in [-0.39, 0.29) is 5.54 Å². The molecule has 2 aliphatic rings. The summed E-state index contributed by atoms with van der Waals surface area (Å²) in [6, 6.07) is 9.02. The summed E-state index contributed by atoms with van der Waals surface area (Å²) in [5.41, 5.74) is 7.77. The van der Waals surface area contributed by atoms with E-state index in [0.29, 0.717) is 0 Å². The van der Waals surface area contributed by atoms with Crippen molar-refractivity contribution >= 4 is 11.8 Å². The number of rotatable bonds is 4. The number of benzene rings is 1. The standard InChI is InChI=1S/C15H21NS/c16-15(9-1-2-10-15)13-5-7-14(8-6-13)17-11-12-3-4-12/h5-8,12H,1-4,9-11,16H2. The van der Waals surface area contributed by atoms with E-state index >= 15 is 0 Å². The molecule has 3 rings (SSSR count). The molecule has 0 amide bonds. The van der Waals surface area contributed by atoms with Crippen LogP contribution in [0.25, 0.3) is 0 Å². The molecule has 0 saturated heterocycles. The Hall–Kier alpha value is -0.470. The summed E-state index contributed by atoms with van der Waals surface area (Å²) in [6.45, 7) is 0. The maximum atomic E-state index is 6.46. The minimum atomic E-state index is -0.0281. The lowest BCUT2D eigenvalue weighted by molar-refractivity contribution is 0.461. The number of thioether (sulfide) groups is 1. The van der Waals surface area contributed by atoms with Crippen LogP contribution < -0.4 is 5.73 Å². The molecule has 0 bridgehead atoms. The highest BCUT2D eigenvalue weighted by atomic mass is 32.2. The third kappa shape index (κ3) is 2.69. The molecule has 0 radical (unpaired) electrons. The Balaban J connectivity index is 1.66. The van der Waals surface area contributed by atoms with E-state index in [9.17, 15) is 0 Å². The predicted octanol–water partition coefficient (Wildman–Crippen LogP) is 3.92. The van der Waals surface area contributed by atoms with E-state index in [2.05, 4.69) is 24.3 Å². The Morgan fingerprint density at radius 1 is 1.12 bits per heavy atom. The van der Waals surface area contributed by atoms with Crippen molar-refractivity contribution in [2.24, 2.45) is 11.7 Å². The van der Waals surface area contributed by atoms with Crippen LogP contribution >= 0.6 is 11.8 Å². The molecule has 0 spiro atoms. The summed E-state index contributed by atoms with van der Waals surface area (Å²) >= 11 is 2.00. The zero-order valence-electron chi connectivity index (χ0n) is 10.3. The molecule has 0 atom stereocenters. The lowest BCUT2D eigenvalue weighted by atomic mass is 9.90. The van der Waals surface area contributed by atoms with Gasteiger partial charge in [-0.2, -0.15) is 0 Å². The Kier molecular flexibility index (Phi) is 3.18. The van der Waals surface area contributed by atoms with E-state index in [0.717, 1.165) is 18.8 Å². The quantitative estimate of drug-likeness (QED) is 0.816. The minimum Gasteiger partial charge on any atom is -0.321 e. The van der Waals surface area contributed by atoms with Gasteiger partial charge in [0.2, 0.25) is 0 Å². The molecule has 0 unspecified atom stereocenters. The molecule has 92 valence electrons. The van der Waals surface area contributed by atoms with Gasteiger partial charge in [0.25, 0.3) is 0 Å². The first kappa shape index (κ1) is 11.6. The summed E-state index contributed by atoms with van der Waals surface area (Å²) < 4.78 is 0. The average molecular weight is 247 g/mol. The Morgan fingerprint density at radius 3 is 2.35 bits per heavy atom. The van der Waals surface area contributed by atoms with Crippen molar-refractivity contribution in [2.75, 3.05) is 5.75 Å². The van der Waals surface area contributed by atoms with Crippen molar-refractivity contribution in [3.63, 3.8) is 0 Å². The van der Waals surface area contributed by atoms with Crippen LogP contribution in [0.2, 0.25) is 0 Å². The van der Waals surface area contributed by atoms with Crippen molar-refractivity contribution in [2.45, 2.75) is 49.0 Å². The van der Waals surface area contributed by atoms with Crippen LogP contribution in [-0.4, -0.2) is 5.75 Å². The molecule has 0 aromatic heterocycles. The van der Waals surface area contributed by atoms with Crippen LogP contribution in [0.3, 0.4) is 0 Å². The molecule has 0 heterocycles. The molecular weight excluding hydrogens is 226 g/mol. The van der Waals surface area contributed by atoms with Gasteiger partial charge in [-0.25, -0.2) is 0 Å². The van der Waals surface area contributed by atoms with Gasteiger partial charge < -0.3 is 5.73 Å². The van der Waals surface area contributed by atoms with Crippen molar-refractivity contribution in [3.05, 3.63) is 29.8 Å². The molecule has 2 heteroatoms. The van der Waals surface area contributed by atoms with Crippen LogP contribution in [0.5, 0.6) is 0 Å². The normalized spacial score (nSPS) is 22.9. The smallest absolute Gasteiger partial charge is 0.0409 e. The van der Waals surface area contributed by atoms with Gasteiger partial charge >= 0.3 is 0 Å². The highest BCUT2D eigenvalue weighted by molar-refractivity contribution is 7.99. The van der Waals surface area contributed by atoms with Crippen molar-refractivity contribution < 1.29 is 0 Å². The van der Waals surface area contributed by atoms with Gasteiger partial charge in [-0.15, -0.1) is 11.8 Å². The molecule has 2 N–H and O–H groups in total. The molecule has 2 fully saturated rings. The second kappa shape index (κ2) is 4.66.